The second-order valence-electron chi connectivity index (χ2n) is 1.60. The first-order valence-corrected chi connectivity index (χ1v) is 4.04. The van der Waals surface area contributed by atoms with Crippen LogP contribution < -0.4 is 0 Å². The minimum Gasteiger partial charge on any atom is -0.269 e. The number of rotatable bonds is 4. The molecular weight excluding hydrogens is 163 g/mol. The Bertz CT molecular complexity index is 153. The first-order valence-electron chi connectivity index (χ1n) is 2.68. The molecule has 0 aromatic carbocycles. The Labute approximate surface area is 59.5 Å². The summed E-state index contributed by atoms with van der Waals surface area (Å²) in [4.78, 5) is 0. The molecule has 0 saturated carbocycles. The van der Waals surface area contributed by atoms with Gasteiger partial charge in [0.2, 0.25) is 0 Å². The highest BCUT2D eigenvalue weighted by atomic mass is 32.3. The highest BCUT2D eigenvalue weighted by Crippen LogP contribution is 1.91. The second kappa shape index (κ2) is 5.57. The highest BCUT2D eigenvalue weighted by Gasteiger charge is 2.00. The maximum Gasteiger partial charge on any atom is 0.397 e. The van der Waals surface area contributed by atoms with Crippen molar-refractivity contribution >= 4 is 10.4 Å². The van der Waals surface area contributed by atoms with Gasteiger partial charge in [-0.2, -0.15) is 8.42 Å². The molecule has 0 unspecified atom stereocenters. The fourth-order valence-electron chi connectivity index (χ4n) is 0.309. The fraction of sp³-hybridized carbons (Fsp3) is 1.00. The summed E-state index contributed by atoms with van der Waals surface area (Å²) in [7, 11) is -4.20. The van der Waals surface area contributed by atoms with Crippen LogP contribution in [0.25, 0.3) is 0 Å². The van der Waals surface area contributed by atoms with Crippen molar-refractivity contribution in [3.63, 3.8) is 0 Å². The van der Waals surface area contributed by atoms with Crippen molar-refractivity contribution in [1.29, 1.82) is 0 Å². The van der Waals surface area contributed by atoms with Crippen molar-refractivity contribution in [2.24, 2.45) is 0 Å². The van der Waals surface area contributed by atoms with Crippen molar-refractivity contribution in [1.82, 2.24) is 0 Å². The molecule has 0 saturated heterocycles. The largest absolute Gasteiger partial charge is 0.397 e. The predicted octanol–water partition coefficient (Wildman–Crippen LogP) is 0.758. The van der Waals surface area contributed by atoms with Crippen LogP contribution in [0.15, 0.2) is 0 Å². The molecule has 6 heteroatoms. The number of hydrogen-bond donors (Lipinski definition) is 1. The summed E-state index contributed by atoms with van der Waals surface area (Å²) in [6.45, 7) is 1.96. The van der Waals surface area contributed by atoms with E-state index >= 15 is 0 Å². The van der Waals surface area contributed by atoms with Gasteiger partial charge in [-0.3, -0.25) is 9.26 Å². The molecule has 0 amide bonds. The summed E-state index contributed by atoms with van der Waals surface area (Å²) >= 11 is 0. The Morgan fingerprint density at radius 2 is 2.00 bits per heavy atom. The van der Waals surface area contributed by atoms with Gasteiger partial charge in [0, 0.05) is 0 Å². The van der Waals surface area contributed by atoms with Crippen molar-refractivity contribution < 1.29 is 21.9 Å². The van der Waals surface area contributed by atoms with Gasteiger partial charge in [-0.25, -0.2) is 4.18 Å². The van der Waals surface area contributed by atoms with Gasteiger partial charge in [0.25, 0.3) is 0 Å². The molecule has 0 aromatic heterocycles. The van der Waals surface area contributed by atoms with Crippen LogP contribution in [0.2, 0.25) is 0 Å². The molecule has 0 bridgehead atoms. The summed E-state index contributed by atoms with van der Waals surface area (Å²) in [5, 5.41) is 0. The fourth-order valence-corrected chi connectivity index (χ4v) is 0.637. The van der Waals surface area contributed by atoms with Crippen molar-refractivity contribution in [2.45, 2.75) is 19.8 Å². The second-order valence-corrected chi connectivity index (χ2v) is 2.69. The first-order chi connectivity index (χ1) is 4.06. The Morgan fingerprint density at radius 3 is 2.30 bits per heavy atom. The third-order valence-corrected chi connectivity index (χ3v) is 1.19. The van der Waals surface area contributed by atoms with Crippen molar-refractivity contribution in [3.05, 3.63) is 0 Å². The van der Waals surface area contributed by atoms with E-state index in [-0.39, 0.29) is 11.3 Å². The van der Waals surface area contributed by atoms with Crippen LogP contribution in [-0.2, 0) is 14.6 Å². The number of unbranched alkanes of at least 4 members (excludes halogenated alkanes) is 1. The van der Waals surface area contributed by atoms with E-state index in [1.165, 1.54) is 0 Å². The molecule has 0 spiro atoms. The van der Waals surface area contributed by atoms with Gasteiger partial charge in [0.15, 0.2) is 0 Å². The molecule has 0 atom stereocenters. The van der Waals surface area contributed by atoms with Gasteiger partial charge in [-0.05, 0) is 6.42 Å². The van der Waals surface area contributed by atoms with Gasteiger partial charge < -0.3 is 0 Å². The molecule has 1 N–H and O–H groups in total. The van der Waals surface area contributed by atoms with Crippen LogP contribution in [0.4, 0.5) is 4.70 Å². The average molecular weight is 174 g/mol. The van der Waals surface area contributed by atoms with E-state index in [9.17, 15) is 8.42 Å². The molecule has 64 valence electrons. The van der Waals surface area contributed by atoms with E-state index in [0.29, 0.717) is 6.42 Å². The highest BCUT2D eigenvalue weighted by molar-refractivity contribution is 7.80. The van der Waals surface area contributed by atoms with Crippen LogP contribution in [0.3, 0.4) is 0 Å². The standard InChI is InChI=1S/C4H10O4S.FH/c1-2-3-4-8-9(5,6)7;/h2-4H2,1H3,(H,5,6,7);1H. The van der Waals surface area contributed by atoms with E-state index in [4.69, 9.17) is 4.55 Å². The third kappa shape index (κ3) is 10.7. The van der Waals surface area contributed by atoms with E-state index < -0.39 is 10.4 Å². The lowest BCUT2D eigenvalue weighted by Gasteiger charge is -1.95. The summed E-state index contributed by atoms with van der Waals surface area (Å²) in [5.41, 5.74) is 0. The summed E-state index contributed by atoms with van der Waals surface area (Å²) < 4.78 is 31.7. The van der Waals surface area contributed by atoms with Crippen LogP contribution in [0.5, 0.6) is 0 Å². The zero-order chi connectivity index (χ0) is 7.33. The third-order valence-electron chi connectivity index (χ3n) is 0.730. The molecule has 0 aromatic rings. The van der Waals surface area contributed by atoms with Gasteiger partial charge in [0.1, 0.15) is 0 Å². The summed E-state index contributed by atoms with van der Waals surface area (Å²) in [6.07, 6.45) is 1.48. The van der Waals surface area contributed by atoms with Gasteiger partial charge in [-0.1, -0.05) is 13.3 Å². The molecule has 4 nitrogen and oxygen atoms in total. The molecule has 0 aliphatic rings. The SMILES string of the molecule is CCCCOS(=O)(=O)O.F. The smallest absolute Gasteiger partial charge is 0.269 e. The minimum absolute atomic E-state index is 0. The summed E-state index contributed by atoms with van der Waals surface area (Å²) in [5.74, 6) is 0. The van der Waals surface area contributed by atoms with Crippen LogP contribution in [0, 0.1) is 0 Å². The lowest BCUT2D eigenvalue weighted by molar-refractivity contribution is 0.264. The van der Waals surface area contributed by atoms with E-state index in [1.807, 2.05) is 6.92 Å². The normalized spacial score (nSPS) is 10.6. The van der Waals surface area contributed by atoms with E-state index in [0.717, 1.165) is 6.42 Å². The maximum atomic E-state index is 9.84. The summed E-state index contributed by atoms with van der Waals surface area (Å²) in [6, 6.07) is 0. The molecule has 0 aliphatic heterocycles. The lowest BCUT2D eigenvalue weighted by Crippen LogP contribution is -2.04. The minimum atomic E-state index is -4.20. The Morgan fingerprint density at radius 1 is 1.50 bits per heavy atom. The van der Waals surface area contributed by atoms with Gasteiger partial charge in [0.05, 0.1) is 6.61 Å². The van der Waals surface area contributed by atoms with Crippen molar-refractivity contribution in [3.8, 4) is 0 Å². The molecule has 0 rings (SSSR count). The molecule has 0 aliphatic carbocycles. The Kier molecular flexibility index (Phi) is 6.95. The lowest BCUT2D eigenvalue weighted by atomic mass is 10.4. The molecule has 0 fully saturated rings. The molecule has 10 heavy (non-hydrogen) atoms. The zero-order valence-electron chi connectivity index (χ0n) is 5.61. The monoisotopic (exact) mass is 174 g/mol. The number of halogens is 1. The first kappa shape index (κ1) is 12.5. The van der Waals surface area contributed by atoms with Crippen LogP contribution in [0.1, 0.15) is 19.8 Å². The Hall–Kier alpha value is -0.200. The van der Waals surface area contributed by atoms with Crippen molar-refractivity contribution in [2.75, 3.05) is 6.61 Å². The van der Waals surface area contributed by atoms with Crippen LogP contribution in [-0.4, -0.2) is 19.6 Å². The number of hydrogen-bond acceptors (Lipinski definition) is 3. The van der Waals surface area contributed by atoms with Crippen LogP contribution >= 0.6 is 0 Å². The van der Waals surface area contributed by atoms with Gasteiger partial charge in [-0.15, -0.1) is 0 Å². The predicted molar refractivity (Wildman–Crippen MR) is 34.9 cm³/mol. The molecular formula is C4H11FO4S. The van der Waals surface area contributed by atoms with E-state index in [1.54, 1.807) is 0 Å². The average Bonchev–Trinajstić information content (AvgIpc) is 1.63. The zero-order valence-corrected chi connectivity index (χ0v) is 6.43. The van der Waals surface area contributed by atoms with E-state index in [2.05, 4.69) is 4.18 Å². The maximum absolute atomic E-state index is 9.84. The van der Waals surface area contributed by atoms with Gasteiger partial charge >= 0.3 is 10.4 Å². The topological polar surface area (TPSA) is 63.6 Å². The molecule has 0 radical (unpaired) electrons. The Balaban J connectivity index is 0. The molecule has 0 heterocycles. The quantitative estimate of drug-likeness (QED) is 0.504.